The molecule has 0 radical (unpaired) electrons. The molecule has 4 aliphatic rings. The minimum Gasteiger partial charge on any atom is -0.480 e. The maximum absolute atomic E-state index is 12.4. The summed E-state index contributed by atoms with van der Waals surface area (Å²) in [4.78, 5) is 23.2. The zero-order valence-corrected chi connectivity index (χ0v) is 21.8. The third-order valence-corrected chi connectivity index (χ3v) is 11.5. The Kier molecular flexibility index (Phi) is 7.16. The fraction of sp³-hybridized carbons (Fsp3) is 0.929. The van der Waals surface area contributed by atoms with Crippen molar-refractivity contribution in [2.75, 3.05) is 6.54 Å². The lowest BCUT2D eigenvalue weighted by molar-refractivity contribution is -0.199. The van der Waals surface area contributed by atoms with Crippen LogP contribution in [0.4, 0.5) is 0 Å². The highest BCUT2D eigenvalue weighted by Gasteiger charge is 2.64. The highest BCUT2D eigenvalue weighted by Crippen LogP contribution is 2.69. The van der Waals surface area contributed by atoms with Gasteiger partial charge in [-0.25, -0.2) is 0 Å². The number of fused-ring (bicyclic) bond motifs is 5. The number of hydrogen-bond donors (Lipinski definition) is 4. The number of carbonyl (C=O) groups is 2. The largest absolute Gasteiger partial charge is 0.480 e. The molecule has 34 heavy (non-hydrogen) atoms. The van der Waals surface area contributed by atoms with Crippen molar-refractivity contribution in [1.29, 1.82) is 0 Å². The summed E-state index contributed by atoms with van der Waals surface area (Å²) in [5.74, 6) is 1.50. The number of amides is 1. The standard InChI is InChI=1S/C28H47NO5/c1-15(12-16(2)26(34)29-14-23(31)32)19-6-7-20-24-21(9-11-27(19,20)4)28(5)10-8-18(30)13-22(28)17(3)25(24)33/h15-22,24-25,30,33H,6-14H2,1-5H3,(H,29,34)(H,31,32)/t15-,16+,17-,18-,19-,20?,21?,22?,24?,25+,27-,28-/m1/s1. The van der Waals surface area contributed by atoms with Crippen molar-refractivity contribution in [3.8, 4) is 0 Å². The smallest absolute Gasteiger partial charge is 0.322 e. The maximum Gasteiger partial charge on any atom is 0.322 e. The van der Waals surface area contributed by atoms with E-state index >= 15 is 0 Å². The molecule has 4 N–H and O–H groups in total. The summed E-state index contributed by atoms with van der Waals surface area (Å²) in [7, 11) is 0. The van der Waals surface area contributed by atoms with Crippen molar-refractivity contribution in [3.63, 3.8) is 0 Å². The van der Waals surface area contributed by atoms with Crippen LogP contribution >= 0.6 is 0 Å². The molecule has 0 saturated heterocycles. The topological polar surface area (TPSA) is 107 Å². The van der Waals surface area contributed by atoms with Crippen LogP contribution in [-0.2, 0) is 9.59 Å². The van der Waals surface area contributed by atoms with Gasteiger partial charge in [-0.2, -0.15) is 0 Å². The molecule has 0 spiro atoms. The Morgan fingerprint density at radius 1 is 0.971 bits per heavy atom. The van der Waals surface area contributed by atoms with Crippen LogP contribution in [0.25, 0.3) is 0 Å². The van der Waals surface area contributed by atoms with E-state index < -0.39 is 5.97 Å². The summed E-state index contributed by atoms with van der Waals surface area (Å²) in [6.07, 6.45) is 7.68. The van der Waals surface area contributed by atoms with Gasteiger partial charge in [-0.15, -0.1) is 0 Å². The van der Waals surface area contributed by atoms with Crippen molar-refractivity contribution in [2.24, 2.45) is 58.2 Å². The molecule has 4 fully saturated rings. The third kappa shape index (κ3) is 4.21. The number of carboxylic acids is 1. The van der Waals surface area contributed by atoms with E-state index in [1.807, 2.05) is 6.92 Å². The van der Waals surface area contributed by atoms with E-state index in [4.69, 9.17) is 5.11 Å². The minimum atomic E-state index is -1.01. The second-order valence-corrected chi connectivity index (χ2v) is 13.1. The Labute approximate surface area is 205 Å². The summed E-state index contributed by atoms with van der Waals surface area (Å²) >= 11 is 0. The number of aliphatic hydroxyl groups excluding tert-OH is 2. The summed E-state index contributed by atoms with van der Waals surface area (Å²) in [6, 6.07) is 0. The lowest BCUT2D eigenvalue weighted by Crippen LogP contribution is -2.61. The number of aliphatic carboxylic acids is 1. The molecular weight excluding hydrogens is 430 g/mol. The van der Waals surface area contributed by atoms with Gasteiger partial charge in [0.25, 0.3) is 0 Å². The average Bonchev–Trinajstić information content (AvgIpc) is 3.13. The van der Waals surface area contributed by atoms with Gasteiger partial charge >= 0.3 is 5.97 Å². The van der Waals surface area contributed by atoms with Crippen molar-refractivity contribution in [2.45, 2.75) is 98.2 Å². The van der Waals surface area contributed by atoms with Gasteiger partial charge in [-0.1, -0.05) is 34.6 Å². The number of hydrogen-bond acceptors (Lipinski definition) is 4. The highest BCUT2D eigenvalue weighted by atomic mass is 16.4. The van der Waals surface area contributed by atoms with E-state index in [2.05, 4.69) is 33.0 Å². The monoisotopic (exact) mass is 477 g/mol. The molecule has 4 unspecified atom stereocenters. The van der Waals surface area contributed by atoms with Crippen LogP contribution in [0.1, 0.15) is 86.0 Å². The predicted octanol–water partition coefficient (Wildman–Crippen LogP) is 4.09. The normalized spacial score (nSPS) is 47.6. The van der Waals surface area contributed by atoms with Crippen LogP contribution in [0.3, 0.4) is 0 Å². The number of nitrogens with one attached hydrogen (secondary N) is 1. The molecule has 0 bridgehead atoms. The van der Waals surface area contributed by atoms with E-state index in [0.717, 1.165) is 44.9 Å². The van der Waals surface area contributed by atoms with Gasteiger partial charge in [0, 0.05) is 5.92 Å². The number of aliphatic hydroxyl groups is 2. The highest BCUT2D eigenvalue weighted by molar-refractivity contribution is 5.82. The summed E-state index contributed by atoms with van der Waals surface area (Å²) in [5.41, 5.74) is 0.389. The summed E-state index contributed by atoms with van der Waals surface area (Å²) in [5, 5.41) is 33.4. The Morgan fingerprint density at radius 2 is 1.62 bits per heavy atom. The van der Waals surface area contributed by atoms with Crippen molar-refractivity contribution >= 4 is 11.9 Å². The summed E-state index contributed by atoms with van der Waals surface area (Å²) < 4.78 is 0. The lowest BCUT2D eigenvalue weighted by Gasteiger charge is -2.64. The van der Waals surface area contributed by atoms with Crippen LogP contribution in [0.15, 0.2) is 0 Å². The minimum absolute atomic E-state index is 0.173. The molecule has 4 rings (SSSR count). The first kappa shape index (κ1) is 25.9. The second kappa shape index (κ2) is 9.38. The van der Waals surface area contributed by atoms with Gasteiger partial charge in [0.05, 0.1) is 12.2 Å². The van der Waals surface area contributed by atoms with E-state index in [9.17, 15) is 19.8 Å². The van der Waals surface area contributed by atoms with Gasteiger partial charge in [0.1, 0.15) is 6.54 Å². The molecule has 6 nitrogen and oxygen atoms in total. The molecule has 194 valence electrons. The number of carbonyl (C=O) groups excluding carboxylic acids is 1. The van der Waals surface area contributed by atoms with E-state index in [1.165, 1.54) is 6.42 Å². The van der Waals surface area contributed by atoms with Gasteiger partial charge < -0.3 is 20.6 Å². The molecule has 0 aromatic carbocycles. The first-order chi connectivity index (χ1) is 15.9. The molecule has 0 aromatic heterocycles. The van der Waals surface area contributed by atoms with E-state index in [-0.39, 0.29) is 47.3 Å². The number of rotatable bonds is 6. The third-order valence-electron chi connectivity index (χ3n) is 11.5. The SMILES string of the molecule is C[C@H](C[C@H](C)C(=O)NCC(=O)O)[C@H]1CCC2C3C(CC[C@@]21C)[C@@]1(C)CC[C@@H](O)CC1[C@@H](C)[C@@H]3O. The van der Waals surface area contributed by atoms with Crippen LogP contribution < -0.4 is 5.32 Å². The van der Waals surface area contributed by atoms with Crippen molar-refractivity contribution in [3.05, 3.63) is 0 Å². The fourth-order valence-corrected chi connectivity index (χ4v) is 9.79. The average molecular weight is 478 g/mol. The van der Waals surface area contributed by atoms with E-state index in [0.29, 0.717) is 35.5 Å². The lowest BCUT2D eigenvalue weighted by atomic mass is 9.42. The Morgan fingerprint density at radius 3 is 2.29 bits per heavy atom. The second-order valence-electron chi connectivity index (χ2n) is 13.1. The molecule has 12 atom stereocenters. The van der Waals surface area contributed by atoms with Gasteiger partial charge in [-0.3, -0.25) is 9.59 Å². The Balaban J connectivity index is 1.49. The van der Waals surface area contributed by atoms with Gasteiger partial charge in [0.2, 0.25) is 5.91 Å². The van der Waals surface area contributed by atoms with Gasteiger partial charge in [-0.05, 0) is 104 Å². The quantitative estimate of drug-likeness (QED) is 0.461. The van der Waals surface area contributed by atoms with E-state index in [1.54, 1.807) is 0 Å². The summed E-state index contributed by atoms with van der Waals surface area (Å²) in [6.45, 7) is 11.0. The van der Waals surface area contributed by atoms with Crippen LogP contribution in [0, 0.1) is 58.2 Å². The first-order valence-corrected chi connectivity index (χ1v) is 13.8. The molecule has 4 aliphatic carbocycles. The van der Waals surface area contributed by atoms with Crippen molar-refractivity contribution < 1.29 is 24.9 Å². The molecule has 4 saturated carbocycles. The van der Waals surface area contributed by atoms with Gasteiger partial charge in [0.15, 0.2) is 0 Å². The Hall–Kier alpha value is -1.14. The van der Waals surface area contributed by atoms with Crippen LogP contribution in [-0.4, -0.2) is 45.9 Å². The molecule has 0 aliphatic heterocycles. The first-order valence-electron chi connectivity index (χ1n) is 13.8. The Bertz CT molecular complexity index is 787. The molecule has 0 aromatic rings. The zero-order valence-electron chi connectivity index (χ0n) is 21.8. The predicted molar refractivity (Wildman–Crippen MR) is 131 cm³/mol. The molecular formula is C28H47NO5. The number of carboxylic acid groups (broad SMARTS) is 1. The van der Waals surface area contributed by atoms with Crippen molar-refractivity contribution in [1.82, 2.24) is 5.32 Å². The zero-order chi connectivity index (χ0) is 25.0. The molecule has 0 heterocycles. The molecule has 6 heteroatoms. The van der Waals surface area contributed by atoms with Crippen LogP contribution in [0.5, 0.6) is 0 Å². The fourth-order valence-electron chi connectivity index (χ4n) is 9.79. The van der Waals surface area contributed by atoms with Crippen LogP contribution in [0.2, 0.25) is 0 Å². The molecule has 1 amide bonds. The maximum atomic E-state index is 12.4.